The van der Waals surface area contributed by atoms with Gasteiger partial charge in [0.25, 0.3) is 0 Å². The Balaban J connectivity index is 2.43. The molecule has 164 valence electrons. The number of benzene rings is 1. The van der Waals surface area contributed by atoms with Gasteiger partial charge in [-0.1, -0.05) is 13.8 Å². The van der Waals surface area contributed by atoms with Gasteiger partial charge in [-0.3, -0.25) is 9.69 Å². The molecule has 2 rings (SSSR count). The zero-order chi connectivity index (χ0) is 22.8. The fourth-order valence-electron chi connectivity index (χ4n) is 3.27. The first kappa shape index (κ1) is 23.2. The number of hydrogen-bond acceptors (Lipinski definition) is 7. The van der Waals surface area contributed by atoms with Crippen molar-refractivity contribution in [1.29, 1.82) is 0 Å². The number of amides is 2. The summed E-state index contributed by atoms with van der Waals surface area (Å²) in [6.07, 6.45) is -0.629. The van der Waals surface area contributed by atoms with E-state index in [2.05, 4.69) is 9.91 Å². The highest BCUT2D eigenvalue weighted by Gasteiger charge is 2.42. The number of nitroso groups, excluding NO2 is 1. The molecule has 1 aromatic rings. The zero-order valence-corrected chi connectivity index (χ0v) is 17.9. The van der Waals surface area contributed by atoms with Crippen molar-refractivity contribution < 1.29 is 28.2 Å². The lowest BCUT2D eigenvalue weighted by Gasteiger charge is -2.42. The minimum atomic E-state index is -0.968. The normalized spacial score (nSPS) is 17.2. The van der Waals surface area contributed by atoms with Crippen LogP contribution in [0.1, 0.15) is 45.0 Å². The van der Waals surface area contributed by atoms with Crippen LogP contribution in [0.25, 0.3) is 0 Å². The summed E-state index contributed by atoms with van der Waals surface area (Å²) in [6.45, 7) is 8.82. The van der Waals surface area contributed by atoms with E-state index in [1.807, 2.05) is 0 Å². The van der Waals surface area contributed by atoms with Gasteiger partial charge in [0.15, 0.2) is 0 Å². The predicted molar refractivity (Wildman–Crippen MR) is 107 cm³/mol. The van der Waals surface area contributed by atoms with E-state index < -0.39 is 41.0 Å². The average Bonchev–Trinajstić information content (AvgIpc) is 2.65. The van der Waals surface area contributed by atoms with E-state index in [4.69, 9.17) is 4.74 Å². The fraction of sp³-hybridized carbons (Fsp3) is 0.550. The summed E-state index contributed by atoms with van der Waals surface area (Å²) in [7, 11) is 1.08. The minimum Gasteiger partial charge on any atom is -0.465 e. The summed E-state index contributed by atoms with van der Waals surface area (Å²) < 4.78 is 24.4. The number of nitrogens with zero attached hydrogens (tertiary/aromatic N) is 3. The number of rotatable bonds is 4. The summed E-state index contributed by atoms with van der Waals surface area (Å²) in [4.78, 5) is 51.4. The van der Waals surface area contributed by atoms with Crippen molar-refractivity contribution in [2.24, 2.45) is 11.1 Å². The summed E-state index contributed by atoms with van der Waals surface area (Å²) in [5, 5.41) is 2.85. The molecule has 0 aromatic heterocycles. The highest BCUT2D eigenvalue weighted by molar-refractivity contribution is 6.03. The molecule has 0 unspecified atom stereocenters. The van der Waals surface area contributed by atoms with Gasteiger partial charge in [0, 0.05) is 19.2 Å². The number of carbonyl (C=O) groups is 3. The van der Waals surface area contributed by atoms with Crippen LogP contribution in [0.15, 0.2) is 17.3 Å². The van der Waals surface area contributed by atoms with Crippen LogP contribution in [0.3, 0.4) is 0 Å². The first-order valence-corrected chi connectivity index (χ1v) is 9.47. The lowest BCUT2D eigenvalue weighted by molar-refractivity contribution is -0.127. The molecule has 0 radical (unpaired) electrons. The quantitative estimate of drug-likeness (QED) is 0.541. The number of carbonyl (C=O) groups excluding carboxylic acids is 3. The molecule has 0 aliphatic carbocycles. The van der Waals surface area contributed by atoms with Gasteiger partial charge in [-0.2, -0.15) is 0 Å². The van der Waals surface area contributed by atoms with Crippen LogP contribution >= 0.6 is 0 Å². The molecule has 1 aliphatic rings. The second kappa shape index (κ2) is 8.76. The SMILES string of the molecule is COC(=O)c1cc(N=O)c(N2CCN(C(=O)OC(C)(C)C)[C@H](C(C)C)C2=O)cc1F. The number of piperazine rings is 1. The van der Waals surface area contributed by atoms with Crippen molar-refractivity contribution in [2.75, 3.05) is 25.1 Å². The Hall–Kier alpha value is -3.04. The number of esters is 1. The van der Waals surface area contributed by atoms with Gasteiger partial charge in [0.2, 0.25) is 5.91 Å². The van der Waals surface area contributed by atoms with Crippen LogP contribution in [0.4, 0.5) is 20.6 Å². The molecule has 1 saturated heterocycles. The van der Waals surface area contributed by atoms with Crippen LogP contribution in [0, 0.1) is 16.6 Å². The molecule has 1 heterocycles. The second-order valence-corrected chi connectivity index (χ2v) is 8.26. The lowest BCUT2D eigenvalue weighted by Crippen LogP contribution is -2.61. The van der Waals surface area contributed by atoms with Gasteiger partial charge in [-0.25, -0.2) is 14.0 Å². The first-order valence-electron chi connectivity index (χ1n) is 9.47. The topological polar surface area (TPSA) is 106 Å². The van der Waals surface area contributed by atoms with Gasteiger partial charge >= 0.3 is 12.1 Å². The summed E-state index contributed by atoms with van der Waals surface area (Å²) in [6, 6.07) is 0.972. The second-order valence-electron chi connectivity index (χ2n) is 8.26. The van der Waals surface area contributed by atoms with Crippen molar-refractivity contribution >= 4 is 29.3 Å². The van der Waals surface area contributed by atoms with Crippen LogP contribution in [0.5, 0.6) is 0 Å². The Bertz CT molecular complexity index is 865. The highest BCUT2D eigenvalue weighted by atomic mass is 19.1. The third-order valence-corrected chi connectivity index (χ3v) is 4.54. The number of anilines is 1. The molecule has 1 atom stereocenters. The first-order chi connectivity index (χ1) is 13.9. The molecule has 0 N–H and O–H groups in total. The van der Waals surface area contributed by atoms with E-state index in [0.717, 1.165) is 19.2 Å². The Labute approximate surface area is 174 Å². The van der Waals surface area contributed by atoms with Gasteiger partial charge in [0.1, 0.15) is 23.1 Å². The van der Waals surface area contributed by atoms with Gasteiger partial charge in [-0.05, 0) is 37.9 Å². The number of hydrogen-bond donors (Lipinski definition) is 0. The van der Waals surface area contributed by atoms with E-state index in [1.165, 1.54) is 9.80 Å². The molecule has 9 nitrogen and oxygen atoms in total. The third-order valence-electron chi connectivity index (χ3n) is 4.54. The average molecular weight is 423 g/mol. The highest BCUT2D eigenvalue weighted by Crippen LogP contribution is 2.35. The zero-order valence-electron chi connectivity index (χ0n) is 17.9. The maximum absolute atomic E-state index is 14.5. The van der Waals surface area contributed by atoms with Gasteiger partial charge < -0.3 is 14.4 Å². The van der Waals surface area contributed by atoms with E-state index in [1.54, 1.807) is 34.6 Å². The molecule has 0 spiro atoms. The standard InChI is InChI=1S/C20H26FN3O6/c1-11(2)16-17(25)23(7-8-24(16)19(27)30-20(3,4)5)15-10-13(21)12(18(26)29-6)9-14(15)22-28/h9-11,16H,7-8H2,1-6H3/t16-/m1/s1. The number of methoxy groups -OCH3 is 1. The Morgan fingerprint density at radius 1 is 1.23 bits per heavy atom. The van der Waals surface area contributed by atoms with Crippen molar-refractivity contribution in [3.8, 4) is 0 Å². The number of ether oxygens (including phenoxy) is 2. The van der Waals surface area contributed by atoms with Crippen LogP contribution < -0.4 is 4.90 Å². The number of halogens is 1. The van der Waals surface area contributed by atoms with E-state index in [0.29, 0.717) is 0 Å². The summed E-state index contributed by atoms with van der Waals surface area (Å²) in [5.74, 6) is -2.70. The molecule has 1 fully saturated rings. The monoisotopic (exact) mass is 423 g/mol. The van der Waals surface area contributed by atoms with Crippen LogP contribution in [0.2, 0.25) is 0 Å². The Kier molecular flexibility index (Phi) is 6.79. The van der Waals surface area contributed by atoms with Crippen molar-refractivity contribution in [3.63, 3.8) is 0 Å². The largest absolute Gasteiger partial charge is 0.465 e. The van der Waals surface area contributed by atoms with Gasteiger partial charge in [-0.15, -0.1) is 4.91 Å². The predicted octanol–water partition coefficient (Wildman–Crippen LogP) is 3.62. The molecule has 10 heteroatoms. The minimum absolute atomic E-state index is 0.000820. The summed E-state index contributed by atoms with van der Waals surface area (Å²) in [5.41, 5.74) is -1.55. The van der Waals surface area contributed by atoms with Crippen LogP contribution in [-0.4, -0.2) is 54.7 Å². The smallest absolute Gasteiger partial charge is 0.411 e. The molecule has 30 heavy (non-hydrogen) atoms. The van der Waals surface area contributed by atoms with Crippen LogP contribution in [-0.2, 0) is 14.3 Å². The maximum atomic E-state index is 14.5. The van der Waals surface area contributed by atoms with E-state index >= 15 is 0 Å². The van der Waals surface area contributed by atoms with Crippen molar-refractivity contribution in [3.05, 3.63) is 28.4 Å². The molecular formula is C20H26FN3O6. The molecule has 2 amide bonds. The lowest BCUT2D eigenvalue weighted by atomic mass is 9.98. The van der Waals surface area contributed by atoms with Gasteiger partial charge in [0.05, 0.1) is 18.4 Å². The maximum Gasteiger partial charge on any atom is 0.411 e. The van der Waals surface area contributed by atoms with E-state index in [-0.39, 0.29) is 30.4 Å². The molecule has 0 bridgehead atoms. The molecule has 1 aromatic carbocycles. The molecule has 1 aliphatic heterocycles. The Morgan fingerprint density at radius 2 is 1.87 bits per heavy atom. The van der Waals surface area contributed by atoms with E-state index in [9.17, 15) is 23.7 Å². The van der Waals surface area contributed by atoms with Crippen molar-refractivity contribution in [2.45, 2.75) is 46.3 Å². The Morgan fingerprint density at radius 3 is 2.37 bits per heavy atom. The van der Waals surface area contributed by atoms with Crippen molar-refractivity contribution in [1.82, 2.24) is 4.90 Å². The fourth-order valence-corrected chi connectivity index (χ4v) is 3.27. The summed E-state index contributed by atoms with van der Waals surface area (Å²) >= 11 is 0. The molecular weight excluding hydrogens is 397 g/mol. The third kappa shape index (κ3) is 4.74. The molecule has 0 saturated carbocycles.